The molecule has 0 atom stereocenters. The van der Waals surface area contributed by atoms with Crippen molar-refractivity contribution in [2.45, 2.75) is 6.42 Å². The Hall–Kier alpha value is -3.33. The second kappa shape index (κ2) is 7.79. The predicted molar refractivity (Wildman–Crippen MR) is 88.6 cm³/mol. The van der Waals surface area contributed by atoms with Gasteiger partial charge in [-0.1, -0.05) is 18.2 Å². The molecule has 0 heterocycles. The van der Waals surface area contributed by atoms with Crippen molar-refractivity contribution in [3.63, 3.8) is 0 Å². The first-order valence-electron chi connectivity index (χ1n) is 7.13. The molecule has 1 amide bonds. The zero-order chi connectivity index (χ0) is 17.5. The summed E-state index contributed by atoms with van der Waals surface area (Å²) in [4.78, 5) is 23.9. The third-order valence-electron chi connectivity index (χ3n) is 3.36. The molecule has 0 aliphatic heterocycles. The maximum absolute atomic E-state index is 12.1. The van der Waals surface area contributed by atoms with Gasteiger partial charge >= 0.3 is 5.97 Å². The topological polar surface area (TPSA) is 88.4 Å². The van der Waals surface area contributed by atoms with Crippen molar-refractivity contribution in [2.24, 2.45) is 0 Å². The highest BCUT2D eigenvalue weighted by molar-refractivity contribution is 6.04. The molecule has 0 fully saturated rings. The number of amides is 1. The number of benzene rings is 2. The highest BCUT2D eigenvalue weighted by Crippen LogP contribution is 2.33. The molecule has 0 aliphatic rings. The van der Waals surface area contributed by atoms with Gasteiger partial charge in [0.2, 0.25) is 5.91 Å². The standard InChI is InChI=1S/C18H16N2O4/c1-23-13-8-6-12(7-9-13)17-14(18(22)24-2)4-3-5-15(17)20-16(21)10-11-19/h3-9H,10H2,1-2H3,(H,20,21). The van der Waals surface area contributed by atoms with Crippen LogP contribution in [0.2, 0.25) is 0 Å². The van der Waals surface area contributed by atoms with Crippen LogP contribution in [0.25, 0.3) is 11.1 Å². The molecule has 0 saturated carbocycles. The molecule has 0 bridgehead atoms. The lowest BCUT2D eigenvalue weighted by molar-refractivity contribution is -0.115. The van der Waals surface area contributed by atoms with Crippen molar-refractivity contribution < 1.29 is 19.1 Å². The van der Waals surface area contributed by atoms with Crippen molar-refractivity contribution in [3.05, 3.63) is 48.0 Å². The molecule has 0 spiro atoms. The van der Waals surface area contributed by atoms with Crippen LogP contribution in [-0.2, 0) is 9.53 Å². The van der Waals surface area contributed by atoms with E-state index in [4.69, 9.17) is 14.7 Å². The summed E-state index contributed by atoms with van der Waals surface area (Å²) in [7, 11) is 2.85. The third kappa shape index (κ3) is 3.70. The van der Waals surface area contributed by atoms with Gasteiger partial charge in [-0.15, -0.1) is 0 Å². The van der Waals surface area contributed by atoms with E-state index in [1.807, 2.05) is 0 Å². The smallest absolute Gasteiger partial charge is 0.338 e. The fourth-order valence-corrected chi connectivity index (χ4v) is 2.27. The van der Waals surface area contributed by atoms with Crippen molar-refractivity contribution in [2.75, 3.05) is 19.5 Å². The molecule has 6 nitrogen and oxygen atoms in total. The minimum absolute atomic E-state index is 0.273. The van der Waals surface area contributed by atoms with Gasteiger partial charge in [0.15, 0.2) is 0 Å². The third-order valence-corrected chi connectivity index (χ3v) is 3.36. The van der Waals surface area contributed by atoms with Crippen molar-refractivity contribution >= 4 is 17.6 Å². The summed E-state index contributed by atoms with van der Waals surface area (Å²) in [6, 6.07) is 13.8. The summed E-state index contributed by atoms with van der Waals surface area (Å²) in [6.07, 6.45) is -0.273. The van der Waals surface area contributed by atoms with Crippen LogP contribution in [0.15, 0.2) is 42.5 Å². The monoisotopic (exact) mass is 324 g/mol. The number of nitriles is 1. The minimum atomic E-state index is -0.516. The van der Waals surface area contributed by atoms with Gasteiger partial charge in [-0.05, 0) is 29.8 Å². The van der Waals surface area contributed by atoms with Gasteiger partial charge in [-0.25, -0.2) is 4.79 Å². The van der Waals surface area contributed by atoms with E-state index >= 15 is 0 Å². The van der Waals surface area contributed by atoms with Gasteiger partial charge in [0.1, 0.15) is 12.2 Å². The van der Waals surface area contributed by atoms with E-state index in [2.05, 4.69) is 5.32 Å². The fourth-order valence-electron chi connectivity index (χ4n) is 2.27. The zero-order valence-corrected chi connectivity index (χ0v) is 13.3. The van der Waals surface area contributed by atoms with Gasteiger partial charge in [0.05, 0.1) is 25.9 Å². The predicted octanol–water partition coefficient (Wildman–Crippen LogP) is 3.00. The first-order chi connectivity index (χ1) is 11.6. The summed E-state index contributed by atoms with van der Waals surface area (Å²) in [5, 5.41) is 11.3. The van der Waals surface area contributed by atoms with E-state index in [1.165, 1.54) is 7.11 Å². The highest BCUT2D eigenvalue weighted by atomic mass is 16.5. The molecule has 6 heteroatoms. The molecule has 0 unspecified atom stereocenters. The Morgan fingerprint density at radius 2 is 1.83 bits per heavy atom. The van der Waals surface area contributed by atoms with Crippen LogP contribution in [0.1, 0.15) is 16.8 Å². The number of methoxy groups -OCH3 is 2. The minimum Gasteiger partial charge on any atom is -0.497 e. The van der Waals surface area contributed by atoms with Gasteiger partial charge in [-0.3, -0.25) is 4.79 Å². The largest absolute Gasteiger partial charge is 0.497 e. The number of carbonyl (C=O) groups excluding carboxylic acids is 2. The summed E-state index contributed by atoms with van der Waals surface area (Å²) in [6.45, 7) is 0. The van der Waals surface area contributed by atoms with E-state index in [-0.39, 0.29) is 6.42 Å². The second-order valence-corrected chi connectivity index (χ2v) is 4.83. The van der Waals surface area contributed by atoms with Crippen LogP contribution in [0.3, 0.4) is 0 Å². The number of ether oxygens (including phenoxy) is 2. The Morgan fingerprint density at radius 1 is 1.12 bits per heavy atom. The Balaban J connectivity index is 2.56. The zero-order valence-electron chi connectivity index (χ0n) is 13.3. The molecular formula is C18H16N2O4. The van der Waals surface area contributed by atoms with Crippen LogP contribution < -0.4 is 10.1 Å². The van der Waals surface area contributed by atoms with Gasteiger partial charge < -0.3 is 14.8 Å². The lowest BCUT2D eigenvalue weighted by Gasteiger charge is -2.15. The summed E-state index contributed by atoms with van der Waals surface area (Å²) in [5.41, 5.74) is 1.99. The highest BCUT2D eigenvalue weighted by Gasteiger charge is 2.18. The van der Waals surface area contributed by atoms with Crippen molar-refractivity contribution in [1.82, 2.24) is 0 Å². The van der Waals surface area contributed by atoms with Gasteiger partial charge in [-0.2, -0.15) is 5.26 Å². The Bertz CT molecular complexity index is 792. The molecule has 122 valence electrons. The number of hydrogen-bond acceptors (Lipinski definition) is 5. The first kappa shape index (κ1) is 17.0. The molecule has 2 rings (SSSR count). The first-order valence-corrected chi connectivity index (χ1v) is 7.13. The Labute approximate surface area is 139 Å². The van der Waals surface area contributed by atoms with Crippen LogP contribution in [-0.4, -0.2) is 26.1 Å². The lowest BCUT2D eigenvalue weighted by atomic mass is 9.97. The number of esters is 1. The van der Waals surface area contributed by atoms with Gasteiger partial charge in [0, 0.05) is 11.3 Å². The summed E-state index contributed by atoms with van der Waals surface area (Å²) >= 11 is 0. The molecule has 2 aromatic carbocycles. The molecule has 0 aromatic heterocycles. The van der Waals surface area contributed by atoms with Crippen LogP contribution in [0, 0.1) is 11.3 Å². The SMILES string of the molecule is COC(=O)c1cccc(NC(=O)CC#N)c1-c1ccc(OC)cc1. The van der Waals surface area contributed by atoms with Crippen LogP contribution in [0.4, 0.5) is 5.69 Å². The Kier molecular flexibility index (Phi) is 5.53. The number of nitrogens with one attached hydrogen (secondary N) is 1. The Morgan fingerprint density at radius 3 is 2.42 bits per heavy atom. The number of hydrogen-bond donors (Lipinski definition) is 1. The second-order valence-electron chi connectivity index (χ2n) is 4.83. The van der Waals surface area contributed by atoms with Crippen LogP contribution in [0.5, 0.6) is 5.75 Å². The van der Waals surface area contributed by atoms with E-state index in [9.17, 15) is 9.59 Å². The molecule has 24 heavy (non-hydrogen) atoms. The molecule has 0 radical (unpaired) electrons. The quantitative estimate of drug-likeness (QED) is 0.854. The average Bonchev–Trinajstić information content (AvgIpc) is 2.61. The summed E-state index contributed by atoms with van der Waals surface area (Å²) < 4.78 is 9.96. The van der Waals surface area contributed by atoms with Crippen molar-refractivity contribution in [1.29, 1.82) is 5.26 Å². The van der Waals surface area contributed by atoms with Crippen LogP contribution >= 0.6 is 0 Å². The van der Waals surface area contributed by atoms with Crippen molar-refractivity contribution in [3.8, 4) is 22.9 Å². The number of nitrogens with zero attached hydrogens (tertiary/aromatic N) is 1. The lowest BCUT2D eigenvalue weighted by Crippen LogP contribution is -2.13. The number of carbonyl (C=O) groups is 2. The molecule has 2 aromatic rings. The normalized spacial score (nSPS) is 9.71. The molecule has 0 aliphatic carbocycles. The fraction of sp³-hybridized carbons (Fsp3) is 0.167. The molecule has 1 N–H and O–H groups in total. The number of anilines is 1. The molecule has 0 saturated heterocycles. The molecular weight excluding hydrogens is 308 g/mol. The maximum atomic E-state index is 12.1. The average molecular weight is 324 g/mol. The van der Waals surface area contributed by atoms with E-state index in [0.29, 0.717) is 28.1 Å². The summed E-state index contributed by atoms with van der Waals surface area (Å²) in [5.74, 6) is -0.296. The maximum Gasteiger partial charge on any atom is 0.338 e. The van der Waals surface area contributed by atoms with Gasteiger partial charge in [0.25, 0.3) is 0 Å². The number of rotatable bonds is 5. The van der Waals surface area contributed by atoms with E-state index in [0.717, 1.165) is 0 Å². The van der Waals surface area contributed by atoms with E-state index in [1.54, 1.807) is 55.6 Å². The van der Waals surface area contributed by atoms with E-state index < -0.39 is 11.9 Å².